The van der Waals surface area contributed by atoms with E-state index in [0.717, 1.165) is 11.3 Å². The van der Waals surface area contributed by atoms with Gasteiger partial charge in [-0.15, -0.1) is 11.3 Å². The third-order valence-electron chi connectivity index (χ3n) is 3.42. The Morgan fingerprint density at radius 3 is 3.05 bits per heavy atom. The molecule has 2 aromatic rings. The van der Waals surface area contributed by atoms with Crippen molar-refractivity contribution < 1.29 is 19.0 Å². The van der Waals surface area contributed by atoms with Gasteiger partial charge in [-0.05, 0) is 25.0 Å². The molecule has 0 saturated heterocycles. The molecule has 1 aliphatic carbocycles. The number of fused-ring (bicyclic) bond motifs is 1. The van der Waals surface area contributed by atoms with E-state index in [1.807, 2.05) is 0 Å². The highest BCUT2D eigenvalue weighted by molar-refractivity contribution is 7.15. The lowest BCUT2D eigenvalue weighted by atomic mass is 10.1. The number of rotatable bonds is 4. The summed E-state index contributed by atoms with van der Waals surface area (Å²) in [6.45, 7) is 0. The van der Waals surface area contributed by atoms with Crippen LogP contribution in [0.5, 0.6) is 5.75 Å². The SMILES string of the molecule is COc1ccc(Nc2nc3c(s2)CCC3C(=O)O)cc1F. The summed E-state index contributed by atoms with van der Waals surface area (Å²) in [7, 11) is 1.41. The van der Waals surface area contributed by atoms with Crippen LogP contribution in [0.15, 0.2) is 18.2 Å². The van der Waals surface area contributed by atoms with E-state index in [0.29, 0.717) is 22.9 Å². The Bertz CT molecular complexity index is 702. The van der Waals surface area contributed by atoms with Gasteiger partial charge in [0.05, 0.1) is 12.8 Å². The number of ether oxygens (including phenoxy) is 1. The molecule has 1 heterocycles. The van der Waals surface area contributed by atoms with Crippen molar-refractivity contribution in [3.05, 3.63) is 34.6 Å². The minimum Gasteiger partial charge on any atom is -0.494 e. The maximum absolute atomic E-state index is 13.6. The Labute approximate surface area is 124 Å². The fraction of sp³-hybridized carbons (Fsp3) is 0.286. The average Bonchev–Trinajstić information content (AvgIpc) is 2.98. The van der Waals surface area contributed by atoms with Crippen LogP contribution in [0.1, 0.15) is 22.9 Å². The molecule has 110 valence electrons. The molecule has 1 aromatic heterocycles. The number of halogens is 1. The Kier molecular flexibility index (Phi) is 3.50. The average molecular weight is 308 g/mol. The van der Waals surface area contributed by atoms with Gasteiger partial charge in [0.1, 0.15) is 5.92 Å². The maximum atomic E-state index is 13.6. The molecule has 21 heavy (non-hydrogen) atoms. The molecule has 1 atom stereocenters. The third kappa shape index (κ3) is 2.56. The molecule has 0 aliphatic heterocycles. The fourth-order valence-electron chi connectivity index (χ4n) is 2.39. The van der Waals surface area contributed by atoms with Gasteiger partial charge in [-0.2, -0.15) is 0 Å². The van der Waals surface area contributed by atoms with Crippen LogP contribution in [0.4, 0.5) is 15.2 Å². The monoisotopic (exact) mass is 308 g/mol. The first-order chi connectivity index (χ1) is 10.1. The number of carboxylic acid groups (broad SMARTS) is 1. The summed E-state index contributed by atoms with van der Waals surface area (Å²) in [4.78, 5) is 16.4. The molecule has 0 fully saturated rings. The number of nitrogens with one attached hydrogen (secondary N) is 1. The van der Waals surface area contributed by atoms with Crippen LogP contribution in [0.3, 0.4) is 0 Å². The summed E-state index contributed by atoms with van der Waals surface area (Å²) in [5.41, 5.74) is 1.18. The number of methoxy groups -OCH3 is 1. The molecule has 1 unspecified atom stereocenters. The molecule has 0 amide bonds. The molecule has 5 nitrogen and oxygen atoms in total. The number of carbonyl (C=O) groups is 1. The van der Waals surface area contributed by atoms with E-state index in [2.05, 4.69) is 10.3 Å². The van der Waals surface area contributed by atoms with Crippen LogP contribution in [0.25, 0.3) is 0 Å². The molecular formula is C14H13FN2O3S. The summed E-state index contributed by atoms with van der Waals surface area (Å²) in [5.74, 6) is -1.66. The zero-order valence-electron chi connectivity index (χ0n) is 11.2. The van der Waals surface area contributed by atoms with Gasteiger partial charge < -0.3 is 15.2 Å². The van der Waals surface area contributed by atoms with Crippen LogP contribution in [-0.4, -0.2) is 23.2 Å². The second kappa shape index (κ2) is 5.33. The lowest BCUT2D eigenvalue weighted by molar-refractivity contribution is -0.138. The lowest BCUT2D eigenvalue weighted by Crippen LogP contribution is -2.08. The number of anilines is 2. The van der Waals surface area contributed by atoms with Gasteiger partial charge in [-0.1, -0.05) is 0 Å². The van der Waals surface area contributed by atoms with Crippen LogP contribution < -0.4 is 10.1 Å². The third-order valence-corrected chi connectivity index (χ3v) is 4.47. The van der Waals surface area contributed by atoms with E-state index < -0.39 is 17.7 Å². The van der Waals surface area contributed by atoms with Crippen molar-refractivity contribution in [2.45, 2.75) is 18.8 Å². The second-order valence-electron chi connectivity index (χ2n) is 4.73. The van der Waals surface area contributed by atoms with Crippen LogP contribution in [-0.2, 0) is 11.2 Å². The predicted molar refractivity (Wildman–Crippen MR) is 77.0 cm³/mol. The molecule has 7 heteroatoms. The fourth-order valence-corrected chi connectivity index (χ4v) is 3.45. The first-order valence-corrected chi connectivity index (χ1v) is 7.23. The summed E-state index contributed by atoms with van der Waals surface area (Å²) in [6, 6.07) is 4.53. The Morgan fingerprint density at radius 2 is 2.38 bits per heavy atom. The lowest BCUT2D eigenvalue weighted by Gasteiger charge is -2.06. The molecule has 0 bridgehead atoms. The summed E-state index contributed by atoms with van der Waals surface area (Å²) in [6.07, 6.45) is 1.32. The zero-order valence-corrected chi connectivity index (χ0v) is 12.0. The van der Waals surface area contributed by atoms with E-state index in [9.17, 15) is 9.18 Å². The van der Waals surface area contributed by atoms with Crippen molar-refractivity contribution in [3.8, 4) is 5.75 Å². The quantitative estimate of drug-likeness (QED) is 0.908. The van der Waals surface area contributed by atoms with E-state index in [1.165, 1.54) is 30.6 Å². The number of aliphatic carboxylic acids is 1. The van der Waals surface area contributed by atoms with Crippen molar-refractivity contribution >= 4 is 28.1 Å². The Balaban J connectivity index is 1.82. The molecular weight excluding hydrogens is 295 g/mol. The number of aromatic nitrogens is 1. The number of hydrogen-bond donors (Lipinski definition) is 2. The minimum atomic E-state index is -0.846. The van der Waals surface area contributed by atoms with Crippen molar-refractivity contribution in [2.75, 3.05) is 12.4 Å². The van der Waals surface area contributed by atoms with E-state index in [4.69, 9.17) is 9.84 Å². The first kappa shape index (κ1) is 13.8. The van der Waals surface area contributed by atoms with Crippen LogP contribution in [0, 0.1) is 5.82 Å². The zero-order chi connectivity index (χ0) is 15.0. The van der Waals surface area contributed by atoms with Gasteiger partial charge in [0.25, 0.3) is 0 Å². The molecule has 1 aromatic carbocycles. The number of carboxylic acids is 1. The van der Waals surface area contributed by atoms with E-state index in [1.54, 1.807) is 6.07 Å². The molecule has 1 aliphatic rings. The van der Waals surface area contributed by atoms with Gasteiger partial charge in [-0.25, -0.2) is 9.37 Å². The Hall–Kier alpha value is -2.15. The van der Waals surface area contributed by atoms with Crippen molar-refractivity contribution in [1.82, 2.24) is 4.98 Å². The Morgan fingerprint density at radius 1 is 1.57 bits per heavy atom. The minimum absolute atomic E-state index is 0.174. The van der Waals surface area contributed by atoms with Crippen LogP contribution in [0.2, 0.25) is 0 Å². The van der Waals surface area contributed by atoms with Gasteiger partial charge in [0.2, 0.25) is 0 Å². The van der Waals surface area contributed by atoms with Gasteiger partial charge in [0.15, 0.2) is 16.7 Å². The van der Waals surface area contributed by atoms with Gasteiger partial charge in [-0.3, -0.25) is 4.79 Å². The molecule has 3 rings (SSSR count). The predicted octanol–water partition coefficient (Wildman–Crippen LogP) is 3.15. The highest BCUT2D eigenvalue weighted by atomic mass is 32.1. The highest BCUT2D eigenvalue weighted by Gasteiger charge is 2.32. The smallest absolute Gasteiger partial charge is 0.312 e. The highest BCUT2D eigenvalue weighted by Crippen LogP contribution is 2.39. The van der Waals surface area contributed by atoms with Gasteiger partial charge in [0, 0.05) is 16.6 Å². The first-order valence-electron chi connectivity index (χ1n) is 6.41. The number of aryl methyl sites for hydroxylation is 1. The van der Waals surface area contributed by atoms with Crippen molar-refractivity contribution in [3.63, 3.8) is 0 Å². The van der Waals surface area contributed by atoms with Crippen LogP contribution >= 0.6 is 11.3 Å². The standard InChI is InChI=1S/C14H13FN2O3S/c1-20-10-4-2-7(6-9(10)15)16-14-17-12-8(13(18)19)3-5-11(12)21-14/h2,4,6,8H,3,5H2,1H3,(H,16,17)(H,18,19). The summed E-state index contributed by atoms with van der Waals surface area (Å²) < 4.78 is 18.5. The maximum Gasteiger partial charge on any atom is 0.312 e. The van der Waals surface area contributed by atoms with Gasteiger partial charge >= 0.3 is 5.97 Å². The second-order valence-corrected chi connectivity index (χ2v) is 5.81. The number of hydrogen-bond acceptors (Lipinski definition) is 5. The van der Waals surface area contributed by atoms with E-state index >= 15 is 0 Å². The number of benzene rings is 1. The largest absolute Gasteiger partial charge is 0.494 e. The molecule has 0 spiro atoms. The molecule has 0 radical (unpaired) electrons. The number of thiazole rings is 1. The van der Waals surface area contributed by atoms with Crippen molar-refractivity contribution in [2.24, 2.45) is 0 Å². The summed E-state index contributed by atoms with van der Waals surface area (Å²) >= 11 is 1.41. The molecule has 0 saturated carbocycles. The summed E-state index contributed by atoms with van der Waals surface area (Å²) in [5, 5.41) is 12.7. The normalized spacial score (nSPS) is 16.6. The number of nitrogens with zero attached hydrogens (tertiary/aromatic N) is 1. The topological polar surface area (TPSA) is 71.5 Å². The van der Waals surface area contributed by atoms with E-state index in [-0.39, 0.29) is 5.75 Å². The molecule has 2 N–H and O–H groups in total. The van der Waals surface area contributed by atoms with Crippen molar-refractivity contribution in [1.29, 1.82) is 0 Å².